The maximum absolute atomic E-state index is 13.0. The zero-order chi connectivity index (χ0) is 19.7. The maximum Gasteiger partial charge on any atom is 0.257 e. The first-order chi connectivity index (χ1) is 13.6. The van der Waals surface area contributed by atoms with Gasteiger partial charge in [-0.05, 0) is 25.0 Å². The molecule has 146 valence electrons. The molecule has 0 unspecified atom stereocenters. The standard InChI is InChI=1S/C21H25N5O2/c1-3-9-25-14-18(15(2)22-25)21(28)24-10-11-26-17(13-24)12-19(23-26)20(27)16-7-5-4-6-8-16/h4-8,12,14,20,27H,3,9-11,13H2,1-2H3/t20-/m0/s1. The third-order valence-corrected chi connectivity index (χ3v) is 5.13. The molecule has 1 atom stereocenters. The van der Waals surface area contributed by atoms with Crippen LogP contribution >= 0.6 is 0 Å². The van der Waals surface area contributed by atoms with Crippen LogP contribution in [0, 0.1) is 6.92 Å². The predicted molar refractivity (Wildman–Crippen MR) is 105 cm³/mol. The maximum atomic E-state index is 13.0. The second-order valence-corrected chi connectivity index (χ2v) is 7.21. The van der Waals surface area contributed by atoms with Gasteiger partial charge in [-0.1, -0.05) is 37.3 Å². The number of benzene rings is 1. The van der Waals surface area contributed by atoms with Crippen LogP contribution in [0.15, 0.2) is 42.6 Å². The Hall–Kier alpha value is -2.93. The van der Waals surface area contributed by atoms with E-state index in [9.17, 15) is 9.90 Å². The minimum Gasteiger partial charge on any atom is -0.382 e. The third kappa shape index (κ3) is 3.45. The number of aliphatic hydroxyl groups is 1. The number of hydrogen-bond acceptors (Lipinski definition) is 4. The Kier molecular flexibility index (Phi) is 5.00. The van der Waals surface area contributed by atoms with Gasteiger partial charge in [0.2, 0.25) is 0 Å². The highest BCUT2D eigenvalue weighted by Gasteiger charge is 2.27. The summed E-state index contributed by atoms with van der Waals surface area (Å²) in [6.07, 6.45) is 2.06. The second-order valence-electron chi connectivity index (χ2n) is 7.21. The third-order valence-electron chi connectivity index (χ3n) is 5.13. The average molecular weight is 379 g/mol. The van der Waals surface area contributed by atoms with E-state index in [0.29, 0.717) is 30.9 Å². The zero-order valence-corrected chi connectivity index (χ0v) is 16.2. The fraction of sp³-hybridized carbons (Fsp3) is 0.381. The minimum absolute atomic E-state index is 0.00235. The lowest BCUT2D eigenvalue weighted by molar-refractivity contribution is 0.0705. The van der Waals surface area contributed by atoms with Gasteiger partial charge < -0.3 is 10.0 Å². The van der Waals surface area contributed by atoms with Gasteiger partial charge in [0.05, 0.1) is 35.7 Å². The molecule has 0 fully saturated rings. The number of hydrogen-bond donors (Lipinski definition) is 1. The molecule has 1 amide bonds. The normalized spacial score (nSPS) is 14.8. The van der Waals surface area contributed by atoms with E-state index in [1.807, 2.05) is 63.8 Å². The van der Waals surface area contributed by atoms with Gasteiger partial charge in [-0.25, -0.2) is 0 Å². The number of rotatable bonds is 5. The van der Waals surface area contributed by atoms with Crippen molar-refractivity contribution in [2.75, 3.05) is 6.54 Å². The van der Waals surface area contributed by atoms with Crippen LogP contribution in [0.25, 0.3) is 0 Å². The molecule has 7 heteroatoms. The van der Waals surface area contributed by atoms with Gasteiger partial charge in [-0.2, -0.15) is 10.2 Å². The van der Waals surface area contributed by atoms with Crippen LogP contribution in [-0.4, -0.2) is 42.0 Å². The van der Waals surface area contributed by atoms with Crippen LogP contribution in [0.4, 0.5) is 0 Å². The van der Waals surface area contributed by atoms with Gasteiger partial charge >= 0.3 is 0 Å². The van der Waals surface area contributed by atoms with Crippen LogP contribution in [-0.2, 0) is 19.6 Å². The smallest absolute Gasteiger partial charge is 0.257 e. The fourth-order valence-electron chi connectivity index (χ4n) is 3.64. The van der Waals surface area contributed by atoms with Gasteiger partial charge in [0.25, 0.3) is 5.91 Å². The number of aryl methyl sites for hydroxylation is 2. The molecule has 0 saturated carbocycles. The summed E-state index contributed by atoms with van der Waals surface area (Å²) < 4.78 is 3.73. The fourth-order valence-corrected chi connectivity index (χ4v) is 3.64. The quantitative estimate of drug-likeness (QED) is 0.739. The average Bonchev–Trinajstić information content (AvgIpc) is 3.30. The molecule has 1 aliphatic rings. The van der Waals surface area contributed by atoms with E-state index in [4.69, 9.17) is 0 Å². The van der Waals surface area contributed by atoms with E-state index >= 15 is 0 Å². The molecule has 4 rings (SSSR count). The summed E-state index contributed by atoms with van der Waals surface area (Å²) in [7, 11) is 0. The molecule has 7 nitrogen and oxygen atoms in total. The Labute approximate surface area is 164 Å². The number of aliphatic hydroxyl groups excluding tert-OH is 1. The van der Waals surface area contributed by atoms with Crippen LogP contribution in [0.3, 0.4) is 0 Å². The van der Waals surface area contributed by atoms with Crippen LogP contribution < -0.4 is 0 Å². The first-order valence-electron chi connectivity index (χ1n) is 9.69. The van der Waals surface area contributed by atoms with E-state index in [1.165, 1.54) is 0 Å². The van der Waals surface area contributed by atoms with Gasteiger partial charge in [0.15, 0.2) is 0 Å². The molecule has 0 spiro atoms. The van der Waals surface area contributed by atoms with Crippen LogP contribution in [0.1, 0.15) is 52.5 Å². The van der Waals surface area contributed by atoms with Crippen molar-refractivity contribution in [2.24, 2.45) is 0 Å². The summed E-state index contributed by atoms with van der Waals surface area (Å²) in [6.45, 7) is 6.46. The van der Waals surface area contributed by atoms with E-state index in [0.717, 1.165) is 29.9 Å². The monoisotopic (exact) mass is 379 g/mol. The molecule has 1 N–H and O–H groups in total. The molecule has 0 radical (unpaired) electrons. The van der Waals surface area contributed by atoms with Gasteiger partial charge in [0, 0.05) is 19.3 Å². The number of amides is 1. The Morgan fingerprint density at radius 1 is 1.21 bits per heavy atom. The van der Waals surface area contributed by atoms with Crippen molar-refractivity contribution < 1.29 is 9.90 Å². The summed E-state index contributed by atoms with van der Waals surface area (Å²) in [6, 6.07) is 11.4. The summed E-state index contributed by atoms with van der Waals surface area (Å²) in [5, 5.41) is 19.6. The molecular weight excluding hydrogens is 354 g/mol. The largest absolute Gasteiger partial charge is 0.382 e. The number of fused-ring (bicyclic) bond motifs is 1. The number of carbonyl (C=O) groups is 1. The van der Waals surface area contributed by atoms with Crippen molar-refractivity contribution >= 4 is 5.91 Å². The molecule has 0 bridgehead atoms. The lowest BCUT2D eigenvalue weighted by atomic mass is 10.1. The molecule has 1 aliphatic heterocycles. The Balaban J connectivity index is 1.52. The Morgan fingerprint density at radius 3 is 2.75 bits per heavy atom. The second kappa shape index (κ2) is 7.59. The van der Waals surface area contributed by atoms with Crippen molar-refractivity contribution in [1.29, 1.82) is 0 Å². The van der Waals surface area contributed by atoms with Gasteiger partial charge in [0.1, 0.15) is 6.10 Å². The molecule has 28 heavy (non-hydrogen) atoms. The number of nitrogens with zero attached hydrogens (tertiary/aromatic N) is 5. The lowest BCUT2D eigenvalue weighted by Gasteiger charge is -2.27. The van der Waals surface area contributed by atoms with Crippen molar-refractivity contribution in [2.45, 2.75) is 46.0 Å². The summed E-state index contributed by atoms with van der Waals surface area (Å²) in [5.74, 6) is -0.00235. The van der Waals surface area contributed by atoms with Gasteiger partial charge in [-0.15, -0.1) is 0 Å². The minimum atomic E-state index is -0.766. The van der Waals surface area contributed by atoms with Crippen molar-refractivity contribution in [3.8, 4) is 0 Å². The van der Waals surface area contributed by atoms with Crippen LogP contribution in [0.2, 0.25) is 0 Å². The van der Waals surface area contributed by atoms with E-state index in [1.54, 1.807) is 0 Å². The molecule has 3 heterocycles. The number of aromatic nitrogens is 4. The highest BCUT2D eigenvalue weighted by atomic mass is 16.3. The van der Waals surface area contributed by atoms with Crippen molar-refractivity contribution in [3.63, 3.8) is 0 Å². The summed E-state index contributed by atoms with van der Waals surface area (Å²) in [5.41, 5.74) is 3.78. The lowest BCUT2D eigenvalue weighted by Crippen LogP contribution is -2.38. The van der Waals surface area contributed by atoms with Crippen molar-refractivity contribution in [1.82, 2.24) is 24.5 Å². The predicted octanol–water partition coefficient (Wildman–Crippen LogP) is 2.54. The number of carbonyl (C=O) groups excluding carboxylic acids is 1. The summed E-state index contributed by atoms with van der Waals surface area (Å²) in [4.78, 5) is 14.8. The van der Waals surface area contributed by atoms with Crippen LogP contribution in [0.5, 0.6) is 0 Å². The SMILES string of the molecule is CCCn1cc(C(=O)N2CCn3nc([C@@H](O)c4ccccc4)cc3C2)c(C)n1. The first kappa shape index (κ1) is 18.4. The molecule has 0 saturated heterocycles. The first-order valence-corrected chi connectivity index (χ1v) is 9.69. The highest BCUT2D eigenvalue weighted by molar-refractivity contribution is 5.95. The van der Waals surface area contributed by atoms with E-state index in [2.05, 4.69) is 17.1 Å². The topological polar surface area (TPSA) is 76.2 Å². The van der Waals surface area contributed by atoms with E-state index in [-0.39, 0.29) is 5.91 Å². The van der Waals surface area contributed by atoms with Crippen molar-refractivity contribution in [3.05, 3.63) is 70.8 Å². The molecule has 3 aromatic rings. The molecule has 0 aliphatic carbocycles. The Bertz CT molecular complexity index is 976. The highest BCUT2D eigenvalue weighted by Crippen LogP contribution is 2.24. The van der Waals surface area contributed by atoms with E-state index < -0.39 is 6.10 Å². The molecule has 2 aromatic heterocycles. The molecular formula is C21H25N5O2. The summed E-state index contributed by atoms with van der Waals surface area (Å²) >= 11 is 0. The Morgan fingerprint density at radius 2 is 2.00 bits per heavy atom. The zero-order valence-electron chi connectivity index (χ0n) is 16.2. The molecule has 1 aromatic carbocycles. The van der Waals surface area contributed by atoms with Gasteiger partial charge in [-0.3, -0.25) is 14.2 Å².